The number of nitrogens with zero attached hydrogens (tertiary/aromatic N) is 2. The van der Waals surface area contributed by atoms with Crippen LogP contribution in [0.25, 0.3) is 11.0 Å². The van der Waals surface area contributed by atoms with E-state index in [0.29, 0.717) is 41.4 Å². The second-order valence-corrected chi connectivity index (χ2v) is 4.98. The normalized spacial score (nSPS) is 10.8. The van der Waals surface area contributed by atoms with Crippen LogP contribution in [0.5, 0.6) is 17.2 Å². The van der Waals surface area contributed by atoms with Crippen LogP contribution in [0.1, 0.15) is 0 Å². The lowest BCUT2D eigenvalue weighted by Gasteiger charge is -2.10. The third-order valence-electron chi connectivity index (χ3n) is 3.25. The van der Waals surface area contributed by atoms with Crippen LogP contribution >= 0.6 is 0 Å². The van der Waals surface area contributed by atoms with Crippen molar-refractivity contribution in [1.82, 2.24) is 9.97 Å². The van der Waals surface area contributed by atoms with Gasteiger partial charge in [0, 0.05) is 37.2 Å². The average molecular weight is 329 g/mol. The molecule has 0 bridgehead atoms. The summed E-state index contributed by atoms with van der Waals surface area (Å²) >= 11 is 0. The Kier molecular flexibility index (Phi) is 4.72. The SMILES string of the molecule is COCCOc1cnc2c(Oc3ccc(N)cc3F)ccnc2c1. The Balaban J connectivity index is 1.88. The van der Waals surface area contributed by atoms with E-state index >= 15 is 0 Å². The Labute approximate surface area is 138 Å². The lowest BCUT2D eigenvalue weighted by Crippen LogP contribution is -2.04. The number of ether oxygens (including phenoxy) is 3. The Morgan fingerprint density at radius 2 is 1.96 bits per heavy atom. The maximum Gasteiger partial charge on any atom is 0.167 e. The van der Waals surface area contributed by atoms with E-state index in [1.807, 2.05) is 0 Å². The molecule has 0 saturated heterocycles. The standard InChI is InChI=1S/C17H16FN3O3/c1-22-6-7-23-12-9-14-17(21-10-12)16(4-5-20-14)24-15-3-2-11(19)8-13(15)18/h2-5,8-10H,6-7,19H2,1H3. The van der Waals surface area contributed by atoms with Crippen LogP contribution in [-0.2, 0) is 4.74 Å². The van der Waals surface area contributed by atoms with Crippen molar-refractivity contribution in [3.8, 4) is 17.2 Å². The Morgan fingerprint density at radius 3 is 2.75 bits per heavy atom. The summed E-state index contributed by atoms with van der Waals surface area (Å²) in [5.74, 6) is 0.494. The minimum atomic E-state index is -0.542. The van der Waals surface area contributed by atoms with Gasteiger partial charge in [-0.25, -0.2) is 9.37 Å². The molecule has 6 nitrogen and oxygen atoms in total. The zero-order chi connectivity index (χ0) is 16.9. The molecule has 0 spiro atoms. The van der Waals surface area contributed by atoms with E-state index in [9.17, 15) is 4.39 Å². The van der Waals surface area contributed by atoms with E-state index < -0.39 is 5.82 Å². The Hall–Kier alpha value is -2.93. The van der Waals surface area contributed by atoms with Gasteiger partial charge in [-0.3, -0.25) is 4.98 Å². The van der Waals surface area contributed by atoms with E-state index in [1.165, 1.54) is 12.1 Å². The molecule has 0 aliphatic heterocycles. The molecule has 24 heavy (non-hydrogen) atoms. The molecule has 2 N–H and O–H groups in total. The molecular weight excluding hydrogens is 313 g/mol. The molecule has 0 saturated carbocycles. The second-order valence-electron chi connectivity index (χ2n) is 4.98. The van der Waals surface area contributed by atoms with Crippen LogP contribution in [0.2, 0.25) is 0 Å². The number of methoxy groups -OCH3 is 1. The number of anilines is 1. The van der Waals surface area contributed by atoms with Gasteiger partial charge in [-0.05, 0) is 12.1 Å². The molecule has 0 amide bonds. The fourth-order valence-electron chi connectivity index (χ4n) is 2.11. The fraction of sp³-hybridized carbons (Fsp3) is 0.176. The number of halogens is 1. The van der Waals surface area contributed by atoms with Crippen molar-refractivity contribution in [2.24, 2.45) is 0 Å². The quantitative estimate of drug-likeness (QED) is 0.553. The lowest BCUT2D eigenvalue weighted by atomic mass is 10.2. The molecule has 2 aromatic heterocycles. The number of aromatic nitrogens is 2. The smallest absolute Gasteiger partial charge is 0.167 e. The van der Waals surface area contributed by atoms with Gasteiger partial charge in [-0.15, -0.1) is 0 Å². The van der Waals surface area contributed by atoms with Gasteiger partial charge in [0.25, 0.3) is 0 Å². The van der Waals surface area contributed by atoms with Gasteiger partial charge >= 0.3 is 0 Å². The summed E-state index contributed by atoms with van der Waals surface area (Å²) in [6.07, 6.45) is 3.12. The molecule has 3 aromatic rings. The first-order valence-corrected chi connectivity index (χ1v) is 7.27. The van der Waals surface area contributed by atoms with E-state index in [1.54, 1.807) is 37.7 Å². The summed E-state index contributed by atoms with van der Waals surface area (Å²) < 4.78 is 30.0. The number of benzene rings is 1. The molecule has 0 aliphatic rings. The van der Waals surface area contributed by atoms with Crippen molar-refractivity contribution in [3.63, 3.8) is 0 Å². The lowest BCUT2D eigenvalue weighted by molar-refractivity contribution is 0.146. The molecule has 7 heteroatoms. The molecule has 1 aromatic carbocycles. The molecule has 0 fully saturated rings. The number of hydrogen-bond donors (Lipinski definition) is 1. The maximum atomic E-state index is 13.9. The third kappa shape index (κ3) is 3.52. The highest BCUT2D eigenvalue weighted by atomic mass is 19.1. The molecule has 124 valence electrons. The number of fused-ring (bicyclic) bond motifs is 1. The number of hydrogen-bond acceptors (Lipinski definition) is 6. The van der Waals surface area contributed by atoms with Gasteiger partial charge in [-0.2, -0.15) is 0 Å². The van der Waals surface area contributed by atoms with Crippen LogP contribution in [-0.4, -0.2) is 30.3 Å². The molecular formula is C17H16FN3O3. The number of rotatable bonds is 6. The van der Waals surface area contributed by atoms with Crippen molar-refractivity contribution < 1.29 is 18.6 Å². The van der Waals surface area contributed by atoms with Gasteiger partial charge in [0.2, 0.25) is 0 Å². The van der Waals surface area contributed by atoms with Crippen molar-refractivity contribution in [2.75, 3.05) is 26.1 Å². The minimum absolute atomic E-state index is 0.0684. The zero-order valence-corrected chi connectivity index (χ0v) is 13.0. The summed E-state index contributed by atoms with van der Waals surface area (Å²) in [4.78, 5) is 8.54. The first-order valence-electron chi connectivity index (χ1n) is 7.27. The van der Waals surface area contributed by atoms with Crippen LogP contribution in [0.4, 0.5) is 10.1 Å². The molecule has 0 atom stereocenters. The number of nitrogen functional groups attached to an aromatic ring is 1. The van der Waals surface area contributed by atoms with E-state index in [2.05, 4.69) is 9.97 Å². The van der Waals surface area contributed by atoms with E-state index in [-0.39, 0.29) is 5.75 Å². The highest BCUT2D eigenvalue weighted by Crippen LogP contribution is 2.30. The van der Waals surface area contributed by atoms with Crippen molar-refractivity contribution >= 4 is 16.7 Å². The monoisotopic (exact) mass is 329 g/mol. The van der Waals surface area contributed by atoms with Crippen molar-refractivity contribution in [3.05, 3.63) is 48.5 Å². The van der Waals surface area contributed by atoms with Crippen LogP contribution < -0.4 is 15.2 Å². The van der Waals surface area contributed by atoms with Gasteiger partial charge in [0.1, 0.15) is 17.9 Å². The van der Waals surface area contributed by atoms with Crippen LogP contribution in [0.3, 0.4) is 0 Å². The third-order valence-corrected chi connectivity index (χ3v) is 3.25. The summed E-state index contributed by atoms with van der Waals surface area (Å²) in [7, 11) is 1.60. The highest BCUT2D eigenvalue weighted by Gasteiger charge is 2.10. The molecule has 2 heterocycles. The predicted octanol–water partition coefficient (Wildman–Crippen LogP) is 3.17. The first-order chi connectivity index (χ1) is 11.7. The minimum Gasteiger partial charge on any atom is -0.489 e. The summed E-state index contributed by atoms with van der Waals surface area (Å²) in [6.45, 7) is 0.890. The number of pyridine rings is 2. The summed E-state index contributed by atoms with van der Waals surface area (Å²) in [6, 6.07) is 7.60. The fourth-order valence-corrected chi connectivity index (χ4v) is 2.11. The summed E-state index contributed by atoms with van der Waals surface area (Å²) in [5.41, 5.74) is 6.96. The van der Waals surface area contributed by atoms with Gasteiger partial charge in [0.15, 0.2) is 17.3 Å². The molecule has 0 unspecified atom stereocenters. The zero-order valence-electron chi connectivity index (χ0n) is 13.0. The van der Waals surface area contributed by atoms with Gasteiger partial charge in [0.05, 0.1) is 18.3 Å². The van der Waals surface area contributed by atoms with Gasteiger partial charge < -0.3 is 19.9 Å². The second kappa shape index (κ2) is 7.10. The van der Waals surface area contributed by atoms with Crippen LogP contribution in [0, 0.1) is 5.82 Å². The molecule has 3 rings (SSSR count). The predicted molar refractivity (Wildman–Crippen MR) is 87.8 cm³/mol. The number of nitrogens with two attached hydrogens (primary N) is 1. The molecule has 0 aliphatic carbocycles. The average Bonchev–Trinajstić information content (AvgIpc) is 2.57. The van der Waals surface area contributed by atoms with E-state index in [4.69, 9.17) is 19.9 Å². The highest BCUT2D eigenvalue weighted by molar-refractivity contribution is 5.81. The molecule has 0 radical (unpaired) electrons. The van der Waals surface area contributed by atoms with E-state index in [0.717, 1.165) is 0 Å². The Morgan fingerprint density at radius 1 is 1.08 bits per heavy atom. The summed E-state index contributed by atoms with van der Waals surface area (Å²) in [5, 5.41) is 0. The largest absolute Gasteiger partial charge is 0.489 e. The Bertz CT molecular complexity index is 858. The van der Waals surface area contributed by atoms with Crippen molar-refractivity contribution in [2.45, 2.75) is 0 Å². The van der Waals surface area contributed by atoms with Gasteiger partial charge in [-0.1, -0.05) is 0 Å². The van der Waals surface area contributed by atoms with Crippen LogP contribution in [0.15, 0.2) is 42.7 Å². The maximum absolute atomic E-state index is 13.9. The topological polar surface area (TPSA) is 79.5 Å². The van der Waals surface area contributed by atoms with Crippen molar-refractivity contribution in [1.29, 1.82) is 0 Å². The first kappa shape index (κ1) is 15.9.